The van der Waals surface area contributed by atoms with Crippen molar-refractivity contribution in [3.05, 3.63) is 0 Å². The standard InChI is InChI=1S/C16H38O2S2Si2/c1-13(2,3)21-17-15(7,8)11-19-20-12-16(9,10)18-22-14(4,5)6/h11-12,21-22H2,1-10H3. The lowest BCUT2D eigenvalue weighted by atomic mass is 10.2. The molecule has 0 heterocycles. The first-order chi connectivity index (χ1) is 9.62. The predicted molar refractivity (Wildman–Crippen MR) is 112 cm³/mol. The maximum absolute atomic E-state index is 6.20. The van der Waals surface area contributed by atoms with E-state index in [1.807, 2.05) is 21.6 Å². The summed E-state index contributed by atoms with van der Waals surface area (Å²) in [5.74, 6) is 2.07. The number of hydrogen-bond donors (Lipinski definition) is 0. The molecule has 0 bridgehead atoms. The van der Waals surface area contributed by atoms with Crippen LogP contribution >= 0.6 is 21.6 Å². The normalized spacial score (nSPS) is 15.5. The maximum atomic E-state index is 6.20. The van der Waals surface area contributed by atoms with Gasteiger partial charge < -0.3 is 8.85 Å². The Bertz CT molecular complexity index is 289. The lowest BCUT2D eigenvalue weighted by Crippen LogP contribution is -2.33. The minimum atomic E-state index is -0.482. The minimum absolute atomic E-state index is 0.0116. The van der Waals surface area contributed by atoms with E-state index in [4.69, 9.17) is 8.85 Å². The van der Waals surface area contributed by atoms with Crippen molar-refractivity contribution in [1.29, 1.82) is 0 Å². The molecule has 0 spiro atoms. The van der Waals surface area contributed by atoms with Crippen molar-refractivity contribution in [2.75, 3.05) is 11.5 Å². The van der Waals surface area contributed by atoms with Crippen LogP contribution in [0, 0.1) is 0 Å². The van der Waals surface area contributed by atoms with Crippen LogP contribution in [0.25, 0.3) is 0 Å². The van der Waals surface area contributed by atoms with E-state index in [1.165, 1.54) is 0 Å². The van der Waals surface area contributed by atoms with Crippen LogP contribution in [0.4, 0.5) is 0 Å². The molecule has 0 aliphatic heterocycles. The second-order valence-corrected chi connectivity index (χ2v) is 17.6. The van der Waals surface area contributed by atoms with Gasteiger partial charge >= 0.3 is 0 Å². The van der Waals surface area contributed by atoms with Crippen molar-refractivity contribution in [1.82, 2.24) is 0 Å². The lowest BCUT2D eigenvalue weighted by molar-refractivity contribution is 0.136. The molecule has 22 heavy (non-hydrogen) atoms. The van der Waals surface area contributed by atoms with Gasteiger partial charge in [-0.15, -0.1) is 0 Å². The smallest absolute Gasteiger partial charge is 0.167 e. The van der Waals surface area contributed by atoms with E-state index in [0.717, 1.165) is 11.5 Å². The molecular formula is C16H38O2S2Si2. The van der Waals surface area contributed by atoms with Gasteiger partial charge in [-0.05, 0) is 37.8 Å². The van der Waals surface area contributed by atoms with E-state index in [2.05, 4.69) is 69.2 Å². The molecule has 2 nitrogen and oxygen atoms in total. The quantitative estimate of drug-likeness (QED) is 0.330. The van der Waals surface area contributed by atoms with Gasteiger partial charge in [-0.1, -0.05) is 63.1 Å². The topological polar surface area (TPSA) is 18.5 Å². The maximum Gasteiger partial charge on any atom is 0.167 e. The Kier molecular flexibility index (Phi) is 9.38. The summed E-state index contributed by atoms with van der Waals surface area (Å²) < 4.78 is 12.4. The van der Waals surface area contributed by atoms with Crippen molar-refractivity contribution < 1.29 is 8.85 Å². The van der Waals surface area contributed by atoms with Crippen LogP contribution in [0.5, 0.6) is 0 Å². The average molecular weight is 383 g/mol. The van der Waals surface area contributed by atoms with Gasteiger partial charge in [0.1, 0.15) is 0 Å². The molecule has 0 N–H and O–H groups in total. The molecule has 0 radical (unpaired) electrons. The third-order valence-electron chi connectivity index (χ3n) is 2.69. The van der Waals surface area contributed by atoms with Crippen LogP contribution in [-0.2, 0) is 8.85 Å². The van der Waals surface area contributed by atoms with E-state index in [9.17, 15) is 0 Å². The second kappa shape index (κ2) is 8.95. The van der Waals surface area contributed by atoms with Gasteiger partial charge in [0.15, 0.2) is 19.5 Å². The van der Waals surface area contributed by atoms with E-state index < -0.39 is 19.5 Å². The third-order valence-corrected chi connectivity index (χ3v) is 9.27. The molecule has 0 rings (SSSR count). The van der Waals surface area contributed by atoms with Crippen molar-refractivity contribution in [2.45, 2.75) is 90.5 Å². The molecule has 134 valence electrons. The van der Waals surface area contributed by atoms with E-state index in [1.54, 1.807) is 0 Å². The Labute approximate surface area is 151 Å². The molecule has 6 heteroatoms. The fourth-order valence-electron chi connectivity index (χ4n) is 1.27. The van der Waals surface area contributed by atoms with Gasteiger partial charge in [0.25, 0.3) is 0 Å². The van der Waals surface area contributed by atoms with Gasteiger partial charge in [0.05, 0.1) is 11.2 Å². The summed E-state index contributed by atoms with van der Waals surface area (Å²) in [5, 5.41) is 0.727. The molecule has 0 unspecified atom stereocenters. The molecule has 0 saturated heterocycles. The molecule has 0 fully saturated rings. The highest BCUT2D eigenvalue weighted by molar-refractivity contribution is 8.76. The Morgan fingerprint density at radius 2 is 0.864 bits per heavy atom. The molecular weight excluding hydrogens is 344 g/mol. The average Bonchev–Trinajstić information content (AvgIpc) is 2.29. The van der Waals surface area contributed by atoms with E-state index >= 15 is 0 Å². The Hall–Kier alpha value is 1.05. The Morgan fingerprint density at radius 1 is 0.591 bits per heavy atom. The number of rotatable bonds is 9. The summed E-state index contributed by atoms with van der Waals surface area (Å²) in [6, 6.07) is 0. The molecule has 0 aliphatic rings. The third kappa shape index (κ3) is 14.6. The summed E-state index contributed by atoms with van der Waals surface area (Å²) in [6.45, 7) is 22.5. The zero-order valence-corrected chi connectivity index (χ0v) is 20.9. The molecule has 0 aromatic rings. The zero-order valence-electron chi connectivity index (χ0n) is 16.5. The van der Waals surface area contributed by atoms with Crippen molar-refractivity contribution in [3.8, 4) is 0 Å². The van der Waals surface area contributed by atoms with E-state index in [-0.39, 0.29) is 11.2 Å². The second-order valence-electron chi connectivity index (χ2n) is 9.74. The van der Waals surface area contributed by atoms with Crippen LogP contribution in [0.2, 0.25) is 10.1 Å². The van der Waals surface area contributed by atoms with Gasteiger partial charge in [0.2, 0.25) is 0 Å². The fraction of sp³-hybridized carbons (Fsp3) is 1.00. The summed E-state index contributed by atoms with van der Waals surface area (Å²) >= 11 is 0. The van der Waals surface area contributed by atoms with Crippen LogP contribution in [0.3, 0.4) is 0 Å². The minimum Gasteiger partial charge on any atom is -0.418 e. The predicted octanol–water partition coefficient (Wildman–Crippen LogP) is 4.56. The first-order valence-corrected chi connectivity index (χ1v) is 13.2. The Balaban J connectivity index is 3.99. The molecule has 0 amide bonds. The molecule has 0 saturated carbocycles. The van der Waals surface area contributed by atoms with Crippen LogP contribution < -0.4 is 0 Å². The van der Waals surface area contributed by atoms with Gasteiger partial charge in [0, 0.05) is 11.5 Å². The Morgan fingerprint density at radius 3 is 1.09 bits per heavy atom. The van der Waals surface area contributed by atoms with Gasteiger partial charge in [-0.3, -0.25) is 0 Å². The first kappa shape index (κ1) is 23.1. The molecule has 0 aromatic carbocycles. The first-order valence-electron chi connectivity index (χ1n) is 8.14. The highest BCUT2D eigenvalue weighted by Crippen LogP contribution is 2.33. The van der Waals surface area contributed by atoms with Crippen LogP contribution in [0.15, 0.2) is 0 Å². The SMILES string of the molecule is CC(C)(CSSCC(C)(C)O[SiH2]C(C)(C)C)O[SiH2]C(C)(C)C. The zero-order chi connectivity index (χ0) is 17.7. The molecule has 0 aliphatic carbocycles. The molecule has 0 atom stereocenters. The highest BCUT2D eigenvalue weighted by atomic mass is 33.1. The van der Waals surface area contributed by atoms with Crippen molar-refractivity contribution in [3.63, 3.8) is 0 Å². The lowest BCUT2D eigenvalue weighted by Gasteiger charge is -2.31. The summed E-state index contributed by atoms with van der Waals surface area (Å²) in [7, 11) is 2.88. The summed E-state index contributed by atoms with van der Waals surface area (Å²) in [6.07, 6.45) is 0. The van der Waals surface area contributed by atoms with Crippen LogP contribution in [0.1, 0.15) is 69.2 Å². The highest BCUT2D eigenvalue weighted by Gasteiger charge is 2.25. The largest absolute Gasteiger partial charge is 0.418 e. The van der Waals surface area contributed by atoms with Crippen molar-refractivity contribution >= 4 is 41.1 Å². The van der Waals surface area contributed by atoms with Crippen molar-refractivity contribution in [2.24, 2.45) is 0 Å². The van der Waals surface area contributed by atoms with Gasteiger partial charge in [-0.2, -0.15) is 0 Å². The van der Waals surface area contributed by atoms with Gasteiger partial charge in [-0.25, -0.2) is 0 Å². The monoisotopic (exact) mass is 382 g/mol. The fourth-order valence-corrected chi connectivity index (χ4v) is 6.53. The van der Waals surface area contributed by atoms with Crippen LogP contribution in [-0.4, -0.2) is 42.2 Å². The molecule has 0 aromatic heterocycles. The van der Waals surface area contributed by atoms with E-state index in [0.29, 0.717) is 10.1 Å². The number of hydrogen-bond acceptors (Lipinski definition) is 4. The summed E-state index contributed by atoms with van der Waals surface area (Å²) in [4.78, 5) is 0. The summed E-state index contributed by atoms with van der Waals surface area (Å²) in [5.41, 5.74) is -0.0232.